The third-order valence-corrected chi connectivity index (χ3v) is 6.26. The van der Waals surface area contributed by atoms with Gasteiger partial charge in [0.1, 0.15) is 11.7 Å². The van der Waals surface area contributed by atoms with Crippen molar-refractivity contribution in [1.82, 2.24) is 0 Å². The second kappa shape index (κ2) is 11.3. The van der Waals surface area contributed by atoms with Gasteiger partial charge >= 0.3 is 17.9 Å². The summed E-state index contributed by atoms with van der Waals surface area (Å²) in [4.78, 5) is 39.1. The van der Waals surface area contributed by atoms with Crippen LogP contribution in [0.25, 0.3) is 0 Å². The minimum absolute atomic E-state index is 0.293. The molecule has 3 aromatic carbocycles. The molecule has 0 spiro atoms. The molecule has 0 radical (unpaired) electrons. The zero-order chi connectivity index (χ0) is 24.8. The lowest BCUT2D eigenvalue weighted by Gasteiger charge is -2.41. The fourth-order valence-corrected chi connectivity index (χ4v) is 4.53. The molecule has 7 nitrogen and oxygen atoms in total. The number of carbonyl (C=O) groups is 3. The lowest BCUT2D eigenvalue weighted by molar-refractivity contribution is -0.185. The minimum Gasteiger partial charge on any atom is -0.454 e. The van der Waals surface area contributed by atoms with Gasteiger partial charge in [0.2, 0.25) is 0 Å². The van der Waals surface area contributed by atoms with Crippen molar-refractivity contribution in [1.29, 1.82) is 0 Å². The second-order valence-electron chi connectivity index (χ2n) is 7.92. The molecule has 4 rings (SSSR count). The number of ether oxygens (including phenoxy) is 4. The molecule has 8 heteroatoms. The zero-order valence-corrected chi connectivity index (χ0v) is 20.4. The van der Waals surface area contributed by atoms with Gasteiger partial charge in [-0.2, -0.15) is 0 Å². The molecule has 0 N–H and O–H groups in total. The van der Waals surface area contributed by atoms with Gasteiger partial charge in [0, 0.05) is 0 Å². The molecule has 35 heavy (non-hydrogen) atoms. The van der Waals surface area contributed by atoms with Crippen molar-refractivity contribution in [2.45, 2.75) is 30.2 Å². The smallest absolute Gasteiger partial charge is 0.338 e. The minimum atomic E-state index is -1.18. The molecule has 1 aliphatic heterocycles. The summed E-state index contributed by atoms with van der Waals surface area (Å²) in [6.07, 6.45) is -3.02. The van der Waals surface area contributed by atoms with E-state index in [1.165, 1.54) is 0 Å². The van der Waals surface area contributed by atoms with Gasteiger partial charge in [-0.3, -0.25) is 4.79 Å². The molecule has 180 valence electrons. The Kier molecular flexibility index (Phi) is 7.94. The van der Waals surface area contributed by atoms with E-state index in [1.54, 1.807) is 97.9 Å². The third kappa shape index (κ3) is 5.96. The Bertz CT molecular complexity index is 1150. The number of esters is 3. The average molecular weight is 539 g/mol. The lowest BCUT2D eigenvalue weighted by atomic mass is 9.90. The normalized spacial score (nSPS) is 23.7. The summed E-state index contributed by atoms with van der Waals surface area (Å²) in [6, 6.07) is 25.3. The van der Waals surface area contributed by atoms with Gasteiger partial charge in [0.05, 0.1) is 17.2 Å². The molecule has 5 atom stereocenters. The maximum atomic E-state index is 13.3. The van der Waals surface area contributed by atoms with Crippen molar-refractivity contribution < 1.29 is 33.3 Å². The third-order valence-electron chi connectivity index (χ3n) is 5.53. The number of benzene rings is 3. The van der Waals surface area contributed by atoms with Crippen molar-refractivity contribution in [3.63, 3.8) is 0 Å². The lowest BCUT2D eigenvalue weighted by Crippen LogP contribution is -2.58. The second-order valence-corrected chi connectivity index (χ2v) is 8.83. The molecule has 0 aromatic heterocycles. The van der Waals surface area contributed by atoms with Gasteiger partial charge in [0.25, 0.3) is 0 Å². The highest BCUT2D eigenvalue weighted by Crippen LogP contribution is 2.35. The molecular weight excluding hydrogens is 516 g/mol. The monoisotopic (exact) mass is 538 g/mol. The van der Waals surface area contributed by atoms with Gasteiger partial charge < -0.3 is 18.9 Å². The van der Waals surface area contributed by atoms with E-state index >= 15 is 0 Å². The van der Waals surface area contributed by atoms with E-state index in [2.05, 4.69) is 15.9 Å². The van der Waals surface area contributed by atoms with Crippen LogP contribution >= 0.6 is 15.9 Å². The zero-order valence-electron chi connectivity index (χ0n) is 18.8. The molecule has 0 saturated carbocycles. The number of halogens is 1. The summed E-state index contributed by atoms with van der Waals surface area (Å²) in [7, 11) is 0. The van der Waals surface area contributed by atoms with Gasteiger partial charge in [-0.25, -0.2) is 9.59 Å². The van der Waals surface area contributed by atoms with Crippen LogP contribution in [-0.2, 0) is 19.0 Å². The van der Waals surface area contributed by atoms with Crippen LogP contribution in [0, 0.1) is 5.92 Å². The molecular formula is C27H23BrO7. The molecule has 1 heterocycles. The highest BCUT2D eigenvalue weighted by molar-refractivity contribution is 9.09. The van der Waals surface area contributed by atoms with E-state index in [4.69, 9.17) is 18.9 Å². The summed E-state index contributed by atoms with van der Waals surface area (Å²) in [5.41, 5.74) is 0.600. The standard InChI is InChI=1S/C27H23BrO7/c1-17-21(27(31)33-20-15-9-4-10-16-20)22(34-25(29)18-11-5-2-6-12-18)23(24(28)32-17)35-26(30)19-13-7-3-8-14-19/h2-17,21-24H,1H3/t17-,21-,22+,23+,24+/m0/s1. The Morgan fingerprint density at radius 2 is 1.17 bits per heavy atom. The van der Waals surface area contributed by atoms with E-state index in [9.17, 15) is 14.4 Å². The van der Waals surface area contributed by atoms with Crippen molar-refractivity contribution >= 4 is 33.8 Å². The maximum absolute atomic E-state index is 13.3. The number of hydrogen-bond donors (Lipinski definition) is 0. The van der Waals surface area contributed by atoms with Crippen LogP contribution in [0.3, 0.4) is 0 Å². The van der Waals surface area contributed by atoms with Gasteiger partial charge in [-0.1, -0.05) is 70.5 Å². The Balaban J connectivity index is 1.64. The van der Waals surface area contributed by atoms with Crippen LogP contribution in [-0.4, -0.2) is 41.2 Å². The van der Waals surface area contributed by atoms with Crippen LogP contribution in [0.1, 0.15) is 27.6 Å². The first-order valence-electron chi connectivity index (χ1n) is 11.0. The summed E-state index contributed by atoms with van der Waals surface area (Å²) >= 11 is 3.38. The Labute approximate surface area is 211 Å². The highest BCUT2D eigenvalue weighted by Gasteiger charge is 2.52. The molecule has 0 aliphatic carbocycles. The van der Waals surface area contributed by atoms with Gasteiger partial charge in [-0.15, -0.1) is 0 Å². The van der Waals surface area contributed by atoms with E-state index < -0.39 is 47.2 Å². The summed E-state index contributed by atoms with van der Waals surface area (Å²) in [6.45, 7) is 1.67. The fourth-order valence-electron chi connectivity index (χ4n) is 3.78. The molecule has 1 aliphatic rings. The van der Waals surface area contributed by atoms with E-state index in [0.717, 1.165) is 0 Å². The van der Waals surface area contributed by atoms with Gasteiger partial charge in [-0.05, 0) is 43.3 Å². The molecule has 3 aromatic rings. The predicted molar refractivity (Wildman–Crippen MR) is 130 cm³/mol. The van der Waals surface area contributed by atoms with Crippen LogP contribution < -0.4 is 4.74 Å². The summed E-state index contributed by atoms with van der Waals surface area (Å²) in [5.74, 6) is -2.71. The number of carbonyl (C=O) groups excluding carboxylic acids is 3. The van der Waals surface area contributed by atoms with Crippen LogP contribution in [0.15, 0.2) is 91.0 Å². The Morgan fingerprint density at radius 1 is 0.714 bits per heavy atom. The van der Waals surface area contributed by atoms with Crippen LogP contribution in [0.5, 0.6) is 5.75 Å². The summed E-state index contributed by atoms with van der Waals surface area (Å²) in [5, 5.41) is -0.834. The first-order valence-corrected chi connectivity index (χ1v) is 11.9. The molecule has 0 unspecified atom stereocenters. The highest BCUT2D eigenvalue weighted by atomic mass is 79.9. The summed E-state index contributed by atoms with van der Waals surface area (Å²) < 4.78 is 23.0. The van der Waals surface area contributed by atoms with E-state index in [0.29, 0.717) is 16.9 Å². The van der Waals surface area contributed by atoms with Crippen molar-refractivity contribution in [2.24, 2.45) is 5.92 Å². The number of rotatable bonds is 6. The number of alkyl halides is 1. The quantitative estimate of drug-likeness (QED) is 0.253. The number of para-hydroxylation sites is 1. The average Bonchev–Trinajstić information content (AvgIpc) is 2.87. The van der Waals surface area contributed by atoms with Crippen LogP contribution in [0.4, 0.5) is 0 Å². The van der Waals surface area contributed by atoms with E-state index in [-0.39, 0.29) is 0 Å². The molecule has 0 amide bonds. The topological polar surface area (TPSA) is 88.1 Å². The van der Waals surface area contributed by atoms with Gasteiger partial charge in [0.15, 0.2) is 17.2 Å². The molecule has 1 fully saturated rings. The Hall–Kier alpha value is -3.49. The van der Waals surface area contributed by atoms with Crippen LogP contribution in [0.2, 0.25) is 0 Å². The Morgan fingerprint density at radius 3 is 1.69 bits per heavy atom. The van der Waals surface area contributed by atoms with Crippen molar-refractivity contribution in [2.75, 3.05) is 0 Å². The fraction of sp³-hybridized carbons (Fsp3) is 0.222. The first-order chi connectivity index (χ1) is 16.9. The SMILES string of the molecule is C[C@@H]1O[C@@H](Br)[C@H](OC(=O)c2ccccc2)[C@H](OC(=O)c2ccccc2)[C@H]1C(=O)Oc1ccccc1. The van der Waals surface area contributed by atoms with Crippen molar-refractivity contribution in [3.8, 4) is 5.75 Å². The number of hydrogen-bond acceptors (Lipinski definition) is 7. The molecule has 1 saturated heterocycles. The first kappa shape index (κ1) is 24.6. The largest absolute Gasteiger partial charge is 0.454 e. The predicted octanol–water partition coefficient (Wildman–Crippen LogP) is 4.80. The van der Waals surface area contributed by atoms with E-state index in [1.807, 2.05) is 0 Å². The molecule has 0 bridgehead atoms. The maximum Gasteiger partial charge on any atom is 0.338 e. The van der Waals surface area contributed by atoms with Crippen molar-refractivity contribution in [3.05, 3.63) is 102 Å².